The van der Waals surface area contributed by atoms with E-state index in [0.717, 1.165) is 12.8 Å². The molecule has 0 aliphatic rings. The molecule has 0 aliphatic heterocycles. The molecular formula is C15H17N5O. The van der Waals surface area contributed by atoms with Gasteiger partial charge in [-0.1, -0.05) is 30.3 Å². The molecule has 0 spiro atoms. The van der Waals surface area contributed by atoms with Crippen LogP contribution in [0.1, 0.15) is 12.0 Å². The van der Waals surface area contributed by atoms with Crippen molar-refractivity contribution in [2.24, 2.45) is 0 Å². The predicted molar refractivity (Wildman–Crippen MR) is 80.5 cm³/mol. The van der Waals surface area contributed by atoms with Crippen LogP contribution in [0.4, 0.5) is 5.82 Å². The highest BCUT2D eigenvalue weighted by atomic mass is 16.5. The molecule has 0 saturated heterocycles. The molecule has 2 aromatic heterocycles. The minimum absolute atomic E-state index is 0.392. The Bertz CT molecular complexity index is 710. The van der Waals surface area contributed by atoms with E-state index >= 15 is 0 Å². The minimum atomic E-state index is 0.392. The quantitative estimate of drug-likeness (QED) is 0.700. The smallest absolute Gasteiger partial charge is 0.167 e. The predicted octanol–water partition coefficient (Wildman–Crippen LogP) is 2.02. The number of hydrogen-bond donors (Lipinski definition) is 1. The van der Waals surface area contributed by atoms with Crippen LogP contribution in [0, 0.1) is 0 Å². The summed E-state index contributed by atoms with van der Waals surface area (Å²) in [7, 11) is 0. The monoisotopic (exact) mass is 283 g/mol. The second-order valence-electron chi connectivity index (χ2n) is 4.77. The summed E-state index contributed by atoms with van der Waals surface area (Å²) in [5.74, 6) is 0.392. The van der Waals surface area contributed by atoms with Crippen LogP contribution in [0.5, 0.6) is 0 Å². The van der Waals surface area contributed by atoms with E-state index < -0.39 is 0 Å². The van der Waals surface area contributed by atoms with E-state index in [4.69, 9.17) is 10.5 Å². The number of rotatable bonds is 6. The van der Waals surface area contributed by atoms with Gasteiger partial charge in [0.25, 0.3) is 0 Å². The number of ether oxygens (including phenoxy) is 1. The highest BCUT2D eigenvalue weighted by Gasteiger charge is 2.07. The fourth-order valence-corrected chi connectivity index (χ4v) is 2.18. The molecule has 0 radical (unpaired) electrons. The average molecular weight is 283 g/mol. The first-order valence-electron chi connectivity index (χ1n) is 6.87. The van der Waals surface area contributed by atoms with E-state index in [9.17, 15) is 0 Å². The van der Waals surface area contributed by atoms with E-state index in [1.165, 1.54) is 11.9 Å². The zero-order valence-corrected chi connectivity index (χ0v) is 11.6. The SMILES string of the molecule is Nc1ncnc2c1ncn2COCCCc1ccccc1. The van der Waals surface area contributed by atoms with Crippen LogP contribution in [-0.4, -0.2) is 26.1 Å². The van der Waals surface area contributed by atoms with Gasteiger partial charge in [-0.25, -0.2) is 15.0 Å². The molecule has 0 unspecified atom stereocenters. The second-order valence-corrected chi connectivity index (χ2v) is 4.77. The second kappa shape index (κ2) is 6.32. The molecular weight excluding hydrogens is 266 g/mol. The molecule has 0 bridgehead atoms. The van der Waals surface area contributed by atoms with E-state index in [1.807, 2.05) is 10.6 Å². The summed E-state index contributed by atoms with van der Waals surface area (Å²) in [5.41, 5.74) is 8.39. The molecule has 21 heavy (non-hydrogen) atoms. The first-order chi connectivity index (χ1) is 10.3. The fourth-order valence-electron chi connectivity index (χ4n) is 2.18. The van der Waals surface area contributed by atoms with E-state index in [-0.39, 0.29) is 0 Å². The lowest BCUT2D eigenvalue weighted by molar-refractivity contribution is 0.0775. The fraction of sp³-hybridized carbons (Fsp3) is 0.267. The number of anilines is 1. The number of nitrogen functional groups attached to an aromatic ring is 1. The molecule has 0 fully saturated rings. The van der Waals surface area contributed by atoms with Crippen LogP contribution in [0.2, 0.25) is 0 Å². The number of benzene rings is 1. The van der Waals surface area contributed by atoms with Gasteiger partial charge < -0.3 is 10.5 Å². The summed E-state index contributed by atoms with van der Waals surface area (Å²) in [6.45, 7) is 1.11. The highest BCUT2D eigenvalue weighted by molar-refractivity contribution is 5.80. The van der Waals surface area contributed by atoms with Gasteiger partial charge in [0.1, 0.15) is 18.6 Å². The summed E-state index contributed by atoms with van der Waals surface area (Å²) in [4.78, 5) is 12.3. The number of imidazole rings is 1. The van der Waals surface area contributed by atoms with E-state index in [0.29, 0.717) is 30.3 Å². The Labute approximate surface area is 122 Å². The Kier molecular flexibility index (Phi) is 4.07. The number of fused-ring (bicyclic) bond motifs is 1. The molecule has 0 atom stereocenters. The lowest BCUT2D eigenvalue weighted by atomic mass is 10.1. The van der Waals surface area contributed by atoms with Crippen molar-refractivity contribution in [2.75, 3.05) is 12.3 Å². The third-order valence-corrected chi connectivity index (χ3v) is 3.26. The van der Waals surface area contributed by atoms with Crippen molar-refractivity contribution >= 4 is 17.0 Å². The Morgan fingerprint density at radius 1 is 1.10 bits per heavy atom. The van der Waals surface area contributed by atoms with Crippen LogP contribution < -0.4 is 5.73 Å². The van der Waals surface area contributed by atoms with Crippen LogP contribution in [0.15, 0.2) is 43.0 Å². The maximum atomic E-state index is 5.74. The van der Waals surface area contributed by atoms with Crippen LogP contribution in [-0.2, 0) is 17.9 Å². The number of nitrogens with two attached hydrogens (primary N) is 1. The van der Waals surface area contributed by atoms with Crippen molar-refractivity contribution in [1.29, 1.82) is 0 Å². The molecule has 1 aromatic carbocycles. The van der Waals surface area contributed by atoms with Gasteiger partial charge in [-0.05, 0) is 18.4 Å². The van der Waals surface area contributed by atoms with Crippen molar-refractivity contribution in [3.63, 3.8) is 0 Å². The van der Waals surface area contributed by atoms with Crippen molar-refractivity contribution in [3.8, 4) is 0 Å². The largest absolute Gasteiger partial charge is 0.382 e. The standard InChI is InChI=1S/C15H17N5O/c16-14-13-15(18-9-17-14)20(10-19-13)11-21-8-4-7-12-5-2-1-3-6-12/h1-3,5-6,9-10H,4,7-8,11H2,(H2,16,17,18). The van der Waals surface area contributed by atoms with Crippen LogP contribution >= 0.6 is 0 Å². The van der Waals surface area contributed by atoms with Crippen molar-refractivity contribution < 1.29 is 4.74 Å². The molecule has 3 rings (SSSR count). The van der Waals surface area contributed by atoms with Gasteiger partial charge in [-0.15, -0.1) is 0 Å². The normalized spacial score (nSPS) is 11.0. The molecule has 2 N–H and O–H groups in total. The first kappa shape index (κ1) is 13.5. The lowest BCUT2D eigenvalue weighted by Crippen LogP contribution is -2.04. The molecule has 3 aromatic rings. The Morgan fingerprint density at radius 3 is 2.81 bits per heavy atom. The maximum Gasteiger partial charge on any atom is 0.167 e. The third-order valence-electron chi connectivity index (χ3n) is 3.26. The van der Waals surface area contributed by atoms with Crippen LogP contribution in [0.25, 0.3) is 11.2 Å². The molecule has 0 saturated carbocycles. The molecule has 0 aliphatic carbocycles. The Morgan fingerprint density at radius 2 is 1.95 bits per heavy atom. The molecule has 6 heteroatoms. The molecule has 108 valence electrons. The zero-order valence-electron chi connectivity index (χ0n) is 11.6. The molecule has 0 amide bonds. The summed E-state index contributed by atoms with van der Waals surface area (Å²) < 4.78 is 7.50. The summed E-state index contributed by atoms with van der Waals surface area (Å²) in [5, 5.41) is 0. The van der Waals surface area contributed by atoms with E-state index in [2.05, 4.69) is 39.2 Å². The van der Waals surface area contributed by atoms with Gasteiger partial charge >= 0.3 is 0 Å². The first-order valence-corrected chi connectivity index (χ1v) is 6.87. The molecule has 2 heterocycles. The van der Waals surface area contributed by atoms with Gasteiger partial charge in [0.2, 0.25) is 0 Å². The minimum Gasteiger partial charge on any atom is -0.382 e. The maximum absolute atomic E-state index is 5.74. The van der Waals surface area contributed by atoms with Gasteiger partial charge in [0, 0.05) is 6.61 Å². The van der Waals surface area contributed by atoms with Gasteiger partial charge in [-0.2, -0.15) is 0 Å². The van der Waals surface area contributed by atoms with Crippen LogP contribution in [0.3, 0.4) is 0 Å². The van der Waals surface area contributed by atoms with Gasteiger partial charge in [0.05, 0.1) is 6.33 Å². The Hall–Kier alpha value is -2.47. The summed E-state index contributed by atoms with van der Waals surface area (Å²) in [6, 6.07) is 10.4. The summed E-state index contributed by atoms with van der Waals surface area (Å²) >= 11 is 0. The Balaban J connectivity index is 1.50. The van der Waals surface area contributed by atoms with E-state index in [1.54, 1.807) is 6.33 Å². The topological polar surface area (TPSA) is 78.9 Å². The van der Waals surface area contributed by atoms with Crippen molar-refractivity contribution in [2.45, 2.75) is 19.6 Å². The number of aryl methyl sites for hydroxylation is 1. The van der Waals surface area contributed by atoms with Crippen molar-refractivity contribution in [1.82, 2.24) is 19.5 Å². The highest BCUT2D eigenvalue weighted by Crippen LogP contribution is 2.14. The lowest BCUT2D eigenvalue weighted by Gasteiger charge is -2.06. The van der Waals surface area contributed by atoms with Gasteiger partial charge in [0.15, 0.2) is 11.5 Å². The third kappa shape index (κ3) is 3.17. The van der Waals surface area contributed by atoms with Gasteiger partial charge in [-0.3, -0.25) is 4.57 Å². The number of nitrogens with zero attached hydrogens (tertiary/aromatic N) is 4. The summed E-state index contributed by atoms with van der Waals surface area (Å²) in [6.07, 6.45) is 5.10. The average Bonchev–Trinajstić information content (AvgIpc) is 2.93. The number of hydrogen-bond acceptors (Lipinski definition) is 5. The molecule has 6 nitrogen and oxygen atoms in total. The number of aromatic nitrogens is 4. The zero-order chi connectivity index (χ0) is 14.5. The van der Waals surface area contributed by atoms with Crippen molar-refractivity contribution in [3.05, 3.63) is 48.5 Å².